The molecule has 2 N–H and O–H groups in total. The van der Waals surface area contributed by atoms with Gasteiger partial charge in [0.25, 0.3) is 0 Å². The zero-order valence-electron chi connectivity index (χ0n) is 17.4. The number of carbonyl (C=O) groups excluding carboxylic acids is 2. The van der Waals surface area contributed by atoms with E-state index in [1.807, 2.05) is 29.2 Å². The van der Waals surface area contributed by atoms with Crippen LogP contribution in [-0.2, 0) is 9.53 Å². The highest BCUT2D eigenvalue weighted by atomic mass is 32.1. The lowest BCUT2D eigenvalue weighted by molar-refractivity contribution is -0.132. The van der Waals surface area contributed by atoms with E-state index in [-0.39, 0.29) is 12.0 Å². The number of hydrogen-bond acceptors (Lipinski definition) is 6. The van der Waals surface area contributed by atoms with E-state index >= 15 is 0 Å². The minimum absolute atomic E-state index is 0.161. The van der Waals surface area contributed by atoms with Crippen LogP contribution in [0.3, 0.4) is 0 Å². The Morgan fingerprint density at radius 3 is 2.63 bits per heavy atom. The molecule has 8 nitrogen and oxygen atoms in total. The quantitative estimate of drug-likeness (QED) is 0.491. The monoisotopic (exact) mass is 431 g/mol. The topological polar surface area (TPSA) is 90.6 Å². The van der Waals surface area contributed by atoms with Gasteiger partial charge in [0.1, 0.15) is 5.82 Å². The Balaban J connectivity index is 1.34. The molecule has 0 atom stereocenters. The van der Waals surface area contributed by atoms with Crippen LogP contribution in [0, 0.1) is 4.77 Å². The van der Waals surface area contributed by atoms with Crippen molar-refractivity contribution in [1.82, 2.24) is 19.8 Å². The van der Waals surface area contributed by atoms with Gasteiger partial charge >= 0.3 is 6.09 Å². The van der Waals surface area contributed by atoms with Crippen molar-refractivity contribution in [3.63, 3.8) is 0 Å². The number of fused-ring (bicyclic) bond motifs is 1. The molecular formula is C21H29N5O3S. The Labute approximate surface area is 181 Å². The van der Waals surface area contributed by atoms with Crippen molar-refractivity contribution in [3.8, 4) is 0 Å². The molecule has 0 spiro atoms. The first kappa shape index (κ1) is 22.0. The SMILES string of the molecule is CCOC(=O)N1CCN(C(=O)CCCCCNc2nc(=S)[nH]c3ccccc23)CC1. The lowest BCUT2D eigenvalue weighted by Gasteiger charge is -2.34. The number of ether oxygens (including phenoxy) is 1. The fourth-order valence-electron chi connectivity index (χ4n) is 3.53. The molecule has 162 valence electrons. The largest absolute Gasteiger partial charge is 0.450 e. The third kappa shape index (κ3) is 5.91. The van der Waals surface area contributed by atoms with Crippen LogP contribution in [0.5, 0.6) is 0 Å². The first-order valence-electron chi connectivity index (χ1n) is 10.5. The molecule has 0 saturated carbocycles. The summed E-state index contributed by atoms with van der Waals surface area (Å²) in [4.78, 5) is 35.1. The van der Waals surface area contributed by atoms with E-state index < -0.39 is 0 Å². The van der Waals surface area contributed by atoms with Gasteiger partial charge in [-0.2, -0.15) is 0 Å². The van der Waals surface area contributed by atoms with Crippen molar-refractivity contribution in [3.05, 3.63) is 29.0 Å². The lowest BCUT2D eigenvalue weighted by atomic mass is 10.1. The van der Waals surface area contributed by atoms with Gasteiger partial charge in [-0.1, -0.05) is 18.6 Å². The molecule has 1 aromatic carbocycles. The third-order valence-electron chi connectivity index (χ3n) is 5.16. The van der Waals surface area contributed by atoms with Gasteiger partial charge in [0, 0.05) is 44.5 Å². The zero-order chi connectivity index (χ0) is 21.3. The molecular weight excluding hydrogens is 402 g/mol. The molecule has 0 radical (unpaired) electrons. The summed E-state index contributed by atoms with van der Waals surface area (Å²) in [6.07, 6.45) is 3.00. The standard InChI is InChI=1S/C21H29N5O3S/c1-2-29-21(28)26-14-12-25(13-15-26)18(27)10-4-3-7-11-22-19-16-8-5-6-9-17(16)23-20(30)24-19/h5-6,8-9H,2-4,7,10-15H2,1H3,(H2,22,23,24,30). The molecule has 3 rings (SSSR count). The predicted molar refractivity (Wildman–Crippen MR) is 119 cm³/mol. The molecule has 0 bridgehead atoms. The number of unbranched alkanes of at least 4 members (excludes halogenated alkanes) is 2. The average molecular weight is 432 g/mol. The van der Waals surface area contributed by atoms with E-state index in [4.69, 9.17) is 17.0 Å². The molecule has 0 unspecified atom stereocenters. The van der Waals surface area contributed by atoms with Gasteiger partial charge in [-0.25, -0.2) is 9.78 Å². The van der Waals surface area contributed by atoms with Gasteiger partial charge in [-0.05, 0) is 44.1 Å². The van der Waals surface area contributed by atoms with Crippen LogP contribution in [0.4, 0.5) is 10.6 Å². The number of amides is 2. The molecule has 1 saturated heterocycles. The van der Waals surface area contributed by atoms with Crippen molar-refractivity contribution < 1.29 is 14.3 Å². The molecule has 2 aromatic rings. The fourth-order valence-corrected chi connectivity index (χ4v) is 3.74. The van der Waals surface area contributed by atoms with E-state index in [2.05, 4.69) is 15.3 Å². The maximum absolute atomic E-state index is 12.4. The predicted octanol–water partition coefficient (Wildman–Crippen LogP) is 3.57. The summed E-state index contributed by atoms with van der Waals surface area (Å²) in [5.41, 5.74) is 0.966. The zero-order valence-corrected chi connectivity index (χ0v) is 18.2. The summed E-state index contributed by atoms with van der Waals surface area (Å²) >= 11 is 5.20. The number of rotatable bonds is 8. The van der Waals surface area contributed by atoms with Gasteiger partial charge in [-0.15, -0.1) is 0 Å². The number of piperazine rings is 1. The Hall–Kier alpha value is -2.68. The highest BCUT2D eigenvalue weighted by Gasteiger charge is 2.24. The van der Waals surface area contributed by atoms with E-state index in [1.54, 1.807) is 11.8 Å². The lowest BCUT2D eigenvalue weighted by Crippen LogP contribution is -2.50. The number of anilines is 1. The number of para-hydroxylation sites is 1. The normalized spacial score (nSPS) is 14.0. The van der Waals surface area contributed by atoms with E-state index in [9.17, 15) is 9.59 Å². The van der Waals surface area contributed by atoms with Crippen LogP contribution in [-0.4, -0.2) is 71.1 Å². The molecule has 1 aliphatic rings. The Morgan fingerprint density at radius 2 is 1.87 bits per heavy atom. The van der Waals surface area contributed by atoms with Crippen LogP contribution >= 0.6 is 12.2 Å². The van der Waals surface area contributed by atoms with Crippen molar-refractivity contribution in [2.75, 3.05) is 44.6 Å². The van der Waals surface area contributed by atoms with Crippen molar-refractivity contribution in [2.45, 2.75) is 32.6 Å². The third-order valence-corrected chi connectivity index (χ3v) is 5.35. The molecule has 1 aliphatic heterocycles. The average Bonchev–Trinajstić information content (AvgIpc) is 2.76. The van der Waals surface area contributed by atoms with Crippen LogP contribution < -0.4 is 5.32 Å². The van der Waals surface area contributed by atoms with Crippen LogP contribution in [0.15, 0.2) is 24.3 Å². The first-order chi connectivity index (χ1) is 14.6. The second kappa shape index (κ2) is 10.9. The van der Waals surface area contributed by atoms with Gasteiger partial charge in [0.2, 0.25) is 5.91 Å². The molecule has 1 aromatic heterocycles. The number of aromatic amines is 1. The molecule has 2 amide bonds. The van der Waals surface area contributed by atoms with Crippen LogP contribution in [0.1, 0.15) is 32.6 Å². The number of carbonyl (C=O) groups is 2. The molecule has 1 fully saturated rings. The number of nitrogens with one attached hydrogen (secondary N) is 2. The highest BCUT2D eigenvalue weighted by molar-refractivity contribution is 7.71. The fraction of sp³-hybridized carbons (Fsp3) is 0.524. The number of H-pyrrole nitrogens is 1. The van der Waals surface area contributed by atoms with Gasteiger partial charge < -0.3 is 24.8 Å². The molecule has 9 heteroatoms. The van der Waals surface area contributed by atoms with E-state index in [0.29, 0.717) is 44.0 Å². The number of hydrogen-bond donors (Lipinski definition) is 2. The highest BCUT2D eigenvalue weighted by Crippen LogP contribution is 2.19. The number of aromatic nitrogens is 2. The minimum atomic E-state index is -0.293. The first-order valence-corrected chi connectivity index (χ1v) is 10.9. The molecule has 0 aliphatic carbocycles. The Kier molecular flexibility index (Phi) is 8.01. The summed E-state index contributed by atoms with van der Waals surface area (Å²) in [5, 5.41) is 4.38. The smallest absolute Gasteiger partial charge is 0.409 e. The number of benzene rings is 1. The maximum Gasteiger partial charge on any atom is 0.409 e. The van der Waals surface area contributed by atoms with E-state index in [0.717, 1.165) is 42.5 Å². The van der Waals surface area contributed by atoms with Crippen LogP contribution in [0.2, 0.25) is 0 Å². The summed E-state index contributed by atoms with van der Waals surface area (Å²) in [6.45, 7) is 5.17. The Bertz CT molecular complexity index is 924. The van der Waals surface area contributed by atoms with E-state index in [1.165, 1.54) is 0 Å². The van der Waals surface area contributed by atoms with Gasteiger partial charge in [-0.3, -0.25) is 4.79 Å². The minimum Gasteiger partial charge on any atom is -0.450 e. The van der Waals surface area contributed by atoms with Gasteiger partial charge in [0.15, 0.2) is 4.77 Å². The Morgan fingerprint density at radius 1 is 1.13 bits per heavy atom. The number of nitrogens with zero attached hydrogens (tertiary/aromatic N) is 3. The van der Waals surface area contributed by atoms with Crippen LogP contribution in [0.25, 0.3) is 10.9 Å². The summed E-state index contributed by atoms with van der Waals surface area (Å²) in [6, 6.07) is 7.93. The van der Waals surface area contributed by atoms with Crippen molar-refractivity contribution >= 4 is 40.9 Å². The van der Waals surface area contributed by atoms with Crippen molar-refractivity contribution in [2.24, 2.45) is 0 Å². The molecule has 30 heavy (non-hydrogen) atoms. The molecule has 2 heterocycles. The summed E-state index contributed by atoms with van der Waals surface area (Å²) in [7, 11) is 0. The second-order valence-electron chi connectivity index (χ2n) is 7.24. The summed E-state index contributed by atoms with van der Waals surface area (Å²) in [5.74, 6) is 0.957. The van der Waals surface area contributed by atoms with Gasteiger partial charge in [0.05, 0.1) is 12.1 Å². The second-order valence-corrected chi connectivity index (χ2v) is 7.63. The summed E-state index contributed by atoms with van der Waals surface area (Å²) < 4.78 is 5.47. The maximum atomic E-state index is 12.4. The van der Waals surface area contributed by atoms with Crippen molar-refractivity contribution in [1.29, 1.82) is 0 Å².